The number of halogens is 1. The number of nitrogens with one attached hydrogen (secondary N) is 1. The number of rotatable bonds is 5. The summed E-state index contributed by atoms with van der Waals surface area (Å²) in [5.74, 6) is 0.445. The van der Waals surface area contributed by atoms with Crippen molar-refractivity contribution in [3.8, 4) is 5.75 Å². The molecule has 1 N–H and O–H groups in total. The second kappa shape index (κ2) is 6.64. The largest absolute Gasteiger partial charge is 0.478 e. The Bertz CT molecular complexity index is 594. The highest BCUT2D eigenvalue weighted by Gasteiger charge is 2.29. The summed E-state index contributed by atoms with van der Waals surface area (Å²) >= 11 is 5.83. The lowest BCUT2D eigenvalue weighted by molar-refractivity contribution is -0.134. The maximum Gasteiger partial charge on any atom is 0.263 e. The summed E-state index contributed by atoms with van der Waals surface area (Å²) in [5, 5.41) is 3.51. The lowest BCUT2D eigenvalue weighted by Crippen LogP contribution is -2.46. The van der Waals surface area contributed by atoms with E-state index < -0.39 is 5.60 Å². The molecule has 21 heavy (non-hydrogen) atoms. The zero-order valence-corrected chi connectivity index (χ0v) is 12.9. The van der Waals surface area contributed by atoms with E-state index >= 15 is 0 Å². The van der Waals surface area contributed by atoms with Gasteiger partial charge in [0.05, 0.1) is 0 Å². The number of amides is 1. The first-order valence-corrected chi connectivity index (χ1v) is 7.12. The molecule has 0 saturated carbocycles. The molecule has 0 spiro atoms. The second-order valence-corrected chi connectivity index (χ2v) is 5.67. The van der Waals surface area contributed by atoms with Crippen molar-refractivity contribution in [1.82, 2.24) is 5.32 Å². The highest BCUT2D eigenvalue weighted by Crippen LogP contribution is 2.21. The predicted molar refractivity (Wildman–Crippen MR) is 84.4 cm³/mol. The van der Waals surface area contributed by atoms with Gasteiger partial charge < -0.3 is 10.1 Å². The van der Waals surface area contributed by atoms with Crippen LogP contribution in [0.3, 0.4) is 0 Å². The molecule has 0 bridgehead atoms. The number of ether oxygens (including phenoxy) is 1. The van der Waals surface area contributed by atoms with Gasteiger partial charge in [0.1, 0.15) is 5.75 Å². The first kappa shape index (κ1) is 15.4. The molecule has 0 atom stereocenters. The van der Waals surface area contributed by atoms with Gasteiger partial charge in [0.2, 0.25) is 0 Å². The standard InChI is InChI=1S/C17H18ClNO2/c1-17(2,21-15-10-8-14(18)9-11-15)16(20)19-12-13-6-4-3-5-7-13/h3-11H,12H2,1-2H3,(H,19,20). The summed E-state index contributed by atoms with van der Waals surface area (Å²) in [6.07, 6.45) is 0. The van der Waals surface area contributed by atoms with Crippen LogP contribution in [-0.4, -0.2) is 11.5 Å². The number of hydrogen-bond donors (Lipinski definition) is 1. The topological polar surface area (TPSA) is 38.3 Å². The quantitative estimate of drug-likeness (QED) is 0.912. The molecule has 2 aromatic rings. The van der Waals surface area contributed by atoms with E-state index in [1.54, 1.807) is 38.1 Å². The van der Waals surface area contributed by atoms with Gasteiger partial charge in [-0.2, -0.15) is 0 Å². The summed E-state index contributed by atoms with van der Waals surface area (Å²) < 4.78 is 5.74. The van der Waals surface area contributed by atoms with Crippen molar-refractivity contribution >= 4 is 17.5 Å². The molecule has 1 amide bonds. The number of carbonyl (C=O) groups is 1. The maximum absolute atomic E-state index is 12.2. The molecule has 0 unspecified atom stereocenters. The van der Waals surface area contributed by atoms with Crippen LogP contribution in [0.4, 0.5) is 0 Å². The minimum absolute atomic E-state index is 0.165. The Hall–Kier alpha value is -2.00. The van der Waals surface area contributed by atoms with Gasteiger partial charge in [0.25, 0.3) is 5.91 Å². The fourth-order valence-corrected chi connectivity index (χ4v) is 1.96. The molecule has 3 nitrogen and oxygen atoms in total. The van der Waals surface area contributed by atoms with Crippen molar-refractivity contribution in [2.45, 2.75) is 26.0 Å². The van der Waals surface area contributed by atoms with Crippen molar-refractivity contribution < 1.29 is 9.53 Å². The van der Waals surface area contributed by atoms with Crippen LogP contribution >= 0.6 is 11.6 Å². The molecular weight excluding hydrogens is 286 g/mol. The highest BCUT2D eigenvalue weighted by molar-refractivity contribution is 6.30. The Morgan fingerprint density at radius 1 is 1.10 bits per heavy atom. The molecule has 0 saturated heterocycles. The summed E-state index contributed by atoms with van der Waals surface area (Å²) in [6.45, 7) is 3.96. The van der Waals surface area contributed by atoms with Crippen LogP contribution in [0.25, 0.3) is 0 Å². The molecule has 0 aliphatic heterocycles. The van der Waals surface area contributed by atoms with Crippen molar-refractivity contribution in [1.29, 1.82) is 0 Å². The van der Waals surface area contributed by atoms with E-state index in [4.69, 9.17) is 16.3 Å². The Morgan fingerprint density at radius 3 is 2.33 bits per heavy atom. The average Bonchev–Trinajstić information content (AvgIpc) is 2.48. The lowest BCUT2D eigenvalue weighted by Gasteiger charge is -2.25. The molecule has 0 aliphatic rings. The van der Waals surface area contributed by atoms with Crippen LogP contribution < -0.4 is 10.1 Å². The first-order valence-electron chi connectivity index (χ1n) is 6.74. The average molecular weight is 304 g/mol. The van der Waals surface area contributed by atoms with E-state index in [0.717, 1.165) is 5.56 Å². The van der Waals surface area contributed by atoms with Gasteiger partial charge in [-0.05, 0) is 43.7 Å². The molecule has 0 heterocycles. The van der Waals surface area contributed by atoms with Crippen molar-refractivity contribution in [2.75, 3.05) is 0 Å². The minimum atomic E-state index is -0.956. The normalized spacial score (nSPS) is 11.0. The molecule has 0 aliphatic carbocycles. The molecule has 110 valence electrons. The van der Waals surface area contributed by atoms with Gasteiger partial charge in [-0.15, -0.1) is 0 Å². The predicted octanol–water partition coefficient (Wildman–Crippen LogP) is 3.81. The van der Waals surface area contributed by atoms with Crippen LogP contribution in [-0.2, 0) is 11.3 Å². The number of benzene rings is 2. The number of carbonyl (C=O) groups excluding carboxylic acids is 1. The Kier molecular flexibility index (Phi) is 4.86. The van der Waals surface area contributed by atoms with Crippen molar-refractivity contribution in [3.05, 3.63) is 65.2 Å². The van der Waals surface area contributed by atoms with Crippen molar-refractivity contribution in [3.63, 3.8) is 0 Å². The van der Waals surface area contributed by atoms with Crippen LogP contribution in [0.1, 0.15) is 19.4 Å². The van der Waals surface area contributed by atoms with Gasteiger partial charge in [-0.25, -0.2) is 0 Å². The molecular formula is C17H18ClNO2. The first-order chi connectivity index (χ1) is 9.97. The van der Waals surface area contributed by atoms with Gasteiger partial charge >= 0.3 is 0 Å². The van der Waals surface area contributed by atoms with Gasteiger partial charge in [-0.1, -0.05) is 41.9 Å². The molecule has 0 fully saturated rings. The smallest absolute Gasteiger partial charge is 0.263 e. The van der Waals surface area contributed by atoms with Crippen LogP contribution in [0, 0.1) is 0 Å². The third-order valence-electron chi connectivity index (χ3n) is 3.03. The zero-order valence-electron chi connectivity index (χ0n) is 12.1. The molecule has 0 radical (unpaired) electrons. The van der Waals surface area contributed by atoms with Gasteiger partial charge in [0, 0.05) is 11.6 Å². The van der Waals surface area contributed by atoms with Crippen LogP contribution in [0.15, 0.2) is 54.6 Å². The molecule has 4 heteroatoms. The fourth-order valence-electron chi connectivity index (χ4n) is 1.83. The third-order valence-corrected chi connectivity index (χ3v) is 3.28. The van der Waals surface area contributed by atoms with E-state index in [9.17, 15) is 4.79 Å². The summed E-state index contributed by atoms with van der Waals surface area (Å²) in [7, 11) is 0. The highest BCUT2D eigenvalue weighted by atomic mass is 35.5. The van der Waals surface area contributed by atoms with Crippen molar-refractivity contribution in [2.24, 2.45) is 0 Å². The van der Waals surface area contributed by atoms with Gasteiger partial charge in [0.15, 0.2) is 5.60 Å². The maximum atomic E-state index is 12.2. The summed E-state index contributed by atoms with van der Waals surface area (Å²) in [4.78, 5) is 12.2. The number of hydrogen-bond acceptors (Lipinski definition) is 2. The van der Waals surface area contributed by atoms with E-state index in [0.29, 0.717) is 17.3 Å². The minimum Gasteiger partial charge on any atom is -0.478 e. The SMILES string of the molecule is CC(C)(Oc1ccc(Cl)cc1)C(=O)NCc1ccccc1. The fraction of sp³-hybridized carbons (Fsp3) is 0.235. The molecule has 2 rings (SSSR count). The monoisotopic (exact) mass is 303 g/mol. The molecule has 0 aromatic heterocycles. The summed E-state index contributed by atoms with van der Waals surface area (Å²) in [6, 6.07) is 16.7. The van der Waals surface area contributed by atoms with E-state index in [1.165, 1.54) is 0 Å². The Morgan fingerprint density at radius 2 is 1.71 bits per heavy atom. The molecule has 2 aromatic carbocycles. The van der Waals surface area contributed by atoms with Gasteiger partial charge in [-0.3, -0.25) is 4.79 Å². The summed E-state index contributed by atoms with van der Waals surface area (Å²) in [5.41, 5.74) is 0.0935. The van der Waals surface area contributed by atoms with E-state index in [-0.39, 0.29) is 5.91 Å². The third kappa shape index (κ3) is 4.50. The van der Waals surface area contributed by atoms with E-state index in [2.05, 4.69) is 5.32 Å². The van der Waals surface area contributed by atoms with E-state index in [1.807, 2.05) is 30.3 Å². The second-order valence-electron chi connectivity index (χ2n) is 5.23. The Balaban J connectivity index is 1.95. The Labute approximate surface area is 129 Å². The van der Waals surface area contributed by atoms with Crippen LogP contribution in [0.5, 0.6) is 5.75 Å². The lowest BCUT2D eigenvalue weighted by atomic mass is 10.1. The zero-order chi connectivity index (χ0) is 15.3. The van der Waals surface area contributed by atoms with Crippen LogP contribution in [0.2, 0.25) is 5.02 Å².